The number of fused-ring (bicyclic) bond motifs is 1. The summed E-state index contributed by atoms with van der Waals surface area (Å²) in [6, 6.07) is 12.3. The van der Waals surface area contributed by atoms with Crippen molar-refractivity contribution in [2.24, 2.45) is 0 Å². The van der Waals surface area contributed by atoms with Gasteiger partial charge >= 0.3 is 5.97 Å². The van der Waals surface area contributed by atoms with Gasteiger partial charge in [0.05, 0.1) is 24.4 Å². The van der Waals surface area contributed by atoms with Crippen LogP contribution < -0.4 is 9.47 Å². The molecule has 0 spiro atoms. The molecule has 0 amide bonds. The smallest absolute Gasteiger partial charge is 0.333 e. The number of hydrogen-bond acceptors (Lipinski definition) is 7. The highest BCUT2D eigenvalue weighted by Crippen LogP contribution is 2.30. The van der Waals surface area contributed by atoms with Crippen LogP contribution in [0.1, 0.15) is 24.5 Å². The van der Waals surface area contributed by atoms with E-state index in [1.807, 2.05) is 31.2 Å². The lowest BCUT2D eigenvalue weighted by atomic mass is 10.1. The number of rotatable bonds is 9. The summed E-state index contributed by atoms with van der Waals surface area (Å²) in [5.74, 6) is 0.508. The van der Waals surface area contributed by atoms with E-state index in [9.17, 15) is 13.2 Å². The van der Waals surface area contributed by atoms with Gasteiger partial charge in [-0.15, -0.1) is 0 Å². The minimum absolute atomic E-state index is 0.104. The van der Waals surface area contributed by atoms with Crippen LogP contribution in [0.15, 0.2) is 52.9 Å². The van der Waals surface area contributed by atoms with E-state index in [4.69, 9.17) is 18.9 Å². The second kappa shape index (κ2) is 10.5. The Bertz CT molecular complexity index is 1060. The van der Waals surface area contributed by atoms with Gasteiger partial charge in [0.2, 0.25) is 0 Å². The summed E-state index contributed by atoms with van der Waals surface area (Å²) in [5.41, 5.74) is 1.58. The molecule has 0 N–H and O–H groups in total. The van der Waals surface area contributed by atoms with Crippen molar-refractivity contribution in [3.05, 3.63) is 59.2 Å². The summed E-state index contributed by atoms with van der Waals surface area (Å²) in [6.07, 6.45) is 1.66. The molecule has 0 saturated heterocycles. The van der Waals surface area contributed by atoms with Gasteiger partial charge in [-0.2, -0.15) is 0 Å². The standard InChI is InChI=1S/C23H26O7S/c1-3-28-11-12-29-21-7-5-4-6-18(21)16-30-20-8-9-22-19(15-20)14-17(23(24)27-2)10-13-31(22,25)26/h4-9,14-15H,3,10-13,16H2,1-2H3. The topological polar surface area (TPSA) is 88.1 Å². The van der Waals surface area contributed by atoms with E-state index in [-0.39, 0.29) is 23.7 Å². The Morgan fingerprint density at radius 1 is 1.06 bits per heavy atom. The normalized spacial score (nSPS) is 14.7. The Kier molecular flexibility index (Phi) is 7.70. The molecule has 0 saturated carbocycles. The van der Waals surface area contributed by atoms with Crippen molar-refractivity contribution >= 4 is 21.9 Å². The Balaban J connectivity index is 1.79. The Labute approximate surface area is 182 Å². The first-order valence-corrected chi connectivity index (χ1v) is 11.7. The summed E-state index contributed by atoms with van der Waals surface area (Å²) in [4.78, 5) is 12.1. The van der Waals surface area contributed by atoms with Crippen LogP contribution in [0.4, 0.5) is 0 Å². The first-order valence-electron chi connectivity index (χ1n) is 10.0. The minimum atomic E-state index is -3.51. The third-order valence-corrected chi connectivity index (χ3v) is 6.57. The fourth-order valence-corrected chi connectivity index (χ4v) is 4.66. The van der Waals surface area contributed by atoms with Crippen LogP contribution in [0.5, 0.6) is 11.5 Å². The molecule has 1 heterocycles. The summed E-state index contributed by atoms with van der Waals surface area (Å²) < 4.78 is 46.9. The fourth-order valence-electron chi connectivity index (χ4n) is 3.20. The third kappa shape index (κ3) is 5.86. The zero-order valence-corrected chi connectivity index (χ0v) is 18.4. The molecule has 1 aliphatic heterocycles. The summed E-state index contributed by atoms with van der Waals surface area (Å²) in [5, 5.41) is 0. The predicted molar refractivity (Wildman–Crippen MR) is 116 cm³/mol. The molecule has 3 rings (SSSR count). The van der Waals surface area contributed by atoms with Gasteiger partial charge in [-0.3, -0.25) is 0 Å². The second-order valence-electron chi connectivity index (χ2n) is 6.87. The highest BCUT2D eigenvalue weighted by Gasteiger charge is 2.25. The number of carbonyl (C=O) groups is 1. The maximum absolute atomic E-state index is 12.6. The number of ether oxygens (including phenoxy) is 4. The SMILES string of the molecule is CCOCCOc1ccccc1COc1ccc2c(c1)C=C(C(=O)OC)CCS2(=O)=O. The van der Waals surface area contributed by atoms with Crippen LogP contribution in [0, 0.1) is 0 Å². The molecule has 8 heteroatoms. The monoisotopic (exact) mass is 446 g/mol. The van der Waals surface area contributed by atoms with E-state index >= 15 is 0 Å². The van der Waals surface area contributed by atoms with E-state index in [2.05, 4.69) is 0 Å². The number of benzene rings is 2. The number of sulfone groups is 1. The van der Waals surface area contributed by atoms with Crippen molar-refractivity contribution < 1.29 is 32.2 Å². The number of para-hydroxylation sites is 1. The Hall–Kier alpha value is -2.84. The van der Waals surface area contributed by atoms with Crippen molar-refractivity contribution in [3.8, 4) is 11.5 Å². The quantitative estimate of drug-likeness (QED) is 0.431. The molecule has 2 aromatic carbocycles. The molecule has 0 radical (unpaired) electrons. The summed E-state index contributed by atoms with van der Waals surface area (Å²) in [7, 11) is -2.23. The number of esters is 1. The van der Waals surface area contributed by atoms with Crippen molar-refractivity contribution in [2.75, 3.05) is 32.7 Å². The van der Waals surface area contributed by atoms with Crippen molar-refractivity contribution in [3.63, 3.8) is 0 Å². The van der Waals surface area contributed by atoms with Crippen LogP contribution in [-0.2, 0) is 30.7 Å². The molecule has 31 heavy (non-hydrogen) atoms. The van der Waals surface area contributed by atoms with Gasteiger partial charge in [-0.05, 0) is 49.2 Å². The average molecular weight is 447 g/mol. The van der Waals surface area contributed by atoms with Crippen LogP contribution in [-0.4, -0.2) is 47.1 Å². The van der Waals surface area contributed by atoms with E-state index in [1.54, 1.807) is 18.2 Å². The van der Waals surface area contributed by atoms with Crippen LogP contribution in [0.2, 0.25) is 0 Å². The Morgan fingerprint density at radius 3 is 2.65 bits per heavy atom. The van der Waals surface area contributed by atoms with Gasteiger partial charge in [0.15, 0.2) is 9.84 Å². The van der Waals surface area contributed by atoms with E-state index < -0.39 is 15.8 Å². The minimum Gasteiger partial charge on any atom is -0.491 e. The second-order valence-corrected chi connectivity index (χ2v) is 8.95. The summed E-state index contributed by atoms with van der Waals surface area (Å²) >= 11 is 0. The fraction of sp³-hybridized carbons (Fsp3) is 0.348. The van der Waals surface area contributed by atoms with E-state index in [0.29, 0.717) is 42.5 Å². The molecular formula is C23H26O7S. The first kappa shape index (κ1) is 22.8. The van der Waals surface area contributed by atoms with Gasteiger partial charge in [0, 0.05) is 17.7 Å². The summed E-state index contributed by atoms with van der Waals surface area (Å²) in [6.45, 7) is 3.73. The molecule has 0 unspecified atom stereocenters. The molecular weight excluding hydrogens is 420 g/mol. The van der Waals surface area contributed by atoms with Crippen molar-refractivity contribution in [1.82, 2.24) is 0 Å². The van der Waals surface area contributed by atoms with Crippen molar-refractivity contribution in [2.45, 2.75) is 24.8 Å². The molecule has 0 atom stereocenters. The van der Waals surface area contributed by atoms with E-state index in [0.717, 1.165) is 5.56 Å². The highest BCUT2D eigenvalue weighted by atomic mass is 32.2. The maximum atomic E-state index is 12.6. The van der Waals surface area contributed by atoms with Gasteiger partial charge in [-0.25, -0.2) is 13.2 Å². The lowest BCUT2D eigenvalue weighted by molar-refractivity contribution is -0.136. The van der Waals surface area contributed by atoms with Crippen LogP contribution >= 0.6 is 0 Å². The molecule has 0 bridgehead atoms. The molecule has 2 aromatic rings. The van der Waals surface area contributed by atoms with Crippen LogP contribution in [0.3, 0.4) is 0 Å². The number of carbonyl (C=O) groups excluding carboxylic acids is 1. The number of methoxy groups -OCH3 is 1. The predicted octanol–water partition coefficient (Wildman–Crippen LogP) is 3.41. The zero-order valence-electron chi connectivity index (χ0n) is 17.6. The van der Waals surface area contributed by atoms with Crippen molar-refractivity contribution in [1.29, 1.82) is 0 Å². The third-order valence-electron chi connectivity index (χ3n) is 4.79. The first-order chi connectivity index (χ1) is 14.9. The molecule has 7 nitrogen and oxygen atoms in total. The van der Waals surface area contributed by atoms with Gasteiger partial charge in [0.1, 0.15) is 24.7 Å². The molecule has 0 aromatic heterocycles. The highest BCUT2D eigenvalue weighted by molar-refractivity contribution is 7.91. The molecule has 166 valence electrons. The van der Waals surface area contributed by atoms with Gasteiger partial charge < -0.3 is 18.9 Å². The largest absolute Gasteiger partial charge is 0.491 e. The molecule has 0 fully saturated rings. The zero-order chi connectivity index (χ0) is 22.3. The van der Waals surface area contributed by atoms with E-state index in [1.165, 1.54) is 13.2 Å². The average Bonchev–Trinajstić information content (AvgIpc) is 2.91. The molecule has 1 aliphatic rings. The molecule has 0 aliphatic carbocycles. The number of hydrogen-bond donors (Lipinski definition) is 0. The lowest BCUT2D eigenvalue weighted by Crippen LogP contribution is -2.10. The van der Waals surface area contributed by atoms with Gasteiger partial charge in [-0.1, -0.05) is 18.2 Å². The lowest BCUT2D eigenvalue weighted by Gasteiger charge is -2.13. The van der Waals surface area contributed by atoms with Gasteiger partial charge in [0.25, 0.3) is 0 Å². The Morgan fingerprint density at radius 2 is 1.87 bits per heavy atom. The maximum Gasteiger partial charge on any atom is 0.333 e. The van der Waals surface area contributed by atoms with Crippen LogP contribution in [0.25, 0.3) is 6.08 Å².